The summed E-state index contributed by atoms with van der Waals surface area (Å²) < 4.78 is 10.6. The fourth-order valence-electron chi connectivity index (χ4n) is 4.27. The zero-order valence-electron chi connectivity index (χ0n) is 18.9. The summed E-state index contributed by atoms with van der Waals surface area (Å²) in [5.41, 5.74) is 8.52. The minimum Gasteiger partial charge on any atom is -0.497 e. The molecule has 1 unspecified atom stereocenters. The first-order chi connectivity index (χ1) is 16.0. The number of carbonyl (C=O) groups is 2. The number of amides is 2. The van der Waals surface area contributed by atoms with Crippen LogP contribution in [0.1, 0.15) is 0 Å². The quantitative estimate of drug-likeness (QED) is 0.649. The van der Waals surface area contributed by atoms with Gasteiger partial charge in [-0.05, 0) is 48.5 Å². The molecule has 2 aromatic rings. The first-order valence-electron chi connectivity index (χ1n) is 11.2. The van der Waals surface area contributed by atoms with E-state index >= 15 is 0 Å². The standard InChI is InChI=1S/C24H31N5O4/c1-32-21-8-6-20(7-9-21)28-10-11-29(22(16-28)24(25)31)17-23(30)26-18-2-4-19(5-3-18)27-12-14-33-15-13-27/h2-9,22H,10-17H2,1H3,(H2,25,31)(H,26,30). The molecule has 3 N–H and O–H groups in total. The summed E-state index contributed by atoms with van der Waals surface area (Å²) in [6.45, 7) is 4.97. The average molecular weight is 454 g/mol. The third-order valence-electron chi connectivity index (χ3n) is 6.13. The zero-order chi connectivity index (χ0) is 23.2. The van der Waals surface area contributed by atoms with Crippen LogP contribution in [0.15, 0.2) is 48.5 Å². The summed E-state index contributed by atoms with van der Waals surface area (Å²) in [6.07, 6.45) is 0. The van der Waals surface area contributed by atoms with Gasteiger partial charge in [0, 0.05) is 49.8 Å². The number of nitrogens with one attached hydrogen (secondary N) is 1. The van der Waals surface area contributed by atoms with E-state index in [0.29, 0.717) is 19.6 Å². The second-order valence-electron chi connectivity index (χ2n) is 8.23. The molecule has 0 bridgehead atoms. The average Bonchev–Trinajstić information content (AvgIpc) is 2.85. The van der Waals surface area contributed by atoms with E-state index in [1.807, 2.05) is 53.4 Å². The maximum Gasteiger partial charge on any atom is 0.238 e. The van der Waals surface area contributed by atoms with Gasteiger partial charge in [-0.25, -0.2) is 0 Å². The molecule has 2 aliphatic heterocycles. The van der Waals surface area contributed by atoms with Gasteiger partial charge >= 0.3 is 0 Å². The smallest absolute Gasteiger partial charge is 0.238 e. The summed E-state index contributed by atoms with van der Waals surface area (Å²) in [6, 6.07) is 14.9. The molecule has 176 valence electrons. The van der Waals surface area contributed by atoms with Gasteiger partial charge in [-0.3, -0.25) is 14.5 Å². The Bertz CT molecular complexity index is 944. The molecule has 0 saturated carbocycles. The maximum atomic E-state index is 12.7. The Kier molecular flexibility index (Phi) is 7.31. The number of methoxy groups -OCH3 is 1. The van der Waals surface area contributed by atoms with Crippen LogP contribution in [-0.2, 0) is 14.3 Å². The van der Waals surface area contributed by atoms with Gasteiger partial charge < -0.3 is 30.3 Å². The van der Waals surface area contributed by atoms with Crippen LogP contribution in [0.2, 0.25) is 0 Å². The second-order valence-corrected chi connectivity index (χ2v) is 8.23. The van der Waals surface area contributed by atoms with Gasteiger partial charge in [0.05, 0.1) is 26.9 Å². The van der Waals surface area contributed by atoms with Crippen molar-refractivity contribution >= 4 is 28.9 Å². The highest BCUT2D eigenvalue weighted by molar-refractivity contribution is 5.93. The molecule has 2 amide bonds. The lowest BCUT2D eigenvalue weighted by Crippen LogP contribution is -2.59. The fraction of sp³-hybridized carbons (Fsp3) is 0.417. The highest BCUT2D eigenvalue weighted by atomic mass is 16.5. The van der Waals surface area contributed by atoms with Gasteiger partial charge in [0.1, 0.15) is 11.8 Å². The van der Waals surface area contributed by atoms with E-state index in [-0.39, 0.29) is 12.5 Å². The van der Waals surface area contributed by atoms with Gasteiger partial charge in [-0.15, -0.1) is 0 Å². The van der Waals surface area contributed by atoms with Crippen molar-refractivity contribution in [1.82, 2.24) is 4.90 Å². The number of piperazine rings is 1. The van der Waals surface area contributed by atoms with Crippen molar-refractivity contribution in [3.63, 3.8) is 0 Å². The number of hydrogen-bond acceptors (Lipinski definition) is 7. The molecule has 0 spiro atoms. The van der Waals surface area contributed by atoms with Crippen molar-refractivity contribution in [2.45, 2.75) is 6.04 Å². The molecular weight excluding hydrogens is 422 g/mol. The first-order valence-corrected chi connectivity index (χ1v) is 11.2. The van der Waals surface area contributed by atoms with Gasteiger partial charge in [-0.2, -0.15) is 0 Å². The third kappa shape index (κ3) is 5.74. The van der Waals surface area contributed by atoms with Crippen LogP contribution < -0.4 is 25.6 Å². The number of morpholine rings is 1. The molecule has 2 fully saturated rings. The number of nitrogens with two attached hydrogens (primary N) is 1. The Hall–Kier alpha value is -3.30. The maximum absolute atomic E-state index is 12.7. The van der Waals surface area contributed by atoms with Gasteiger partial charge in [0.25, 0.3) is 0 Å². The van der Waals surface area contributed by atoms with E-state index in [0.717, 1.165) is 49.1 Å². The van der Waals surface area contributed by atoms with Gasteiger partial charge in [-0.1, -0.05) is 0 Å². The molecule has 0 radical (unpaired) electrons. The SMILES string of the molecule is COc1ccc(N2CCN(CC(=O)Nc3ccc(N4CCOCC4)cc3)C(C(N)=O)C2)cc1. The van der Waals surface area contributed by atoms with Crippen molar-refractivity contribution in [3.05, 3.63) is 48.5 Å². The molecule has 9 nitrogen and oxygen atoms in total. The van der Waals surface area contributed by atoms with E-state index < -0.39 is 11.9 Å². The molecule has 0 aliphatic carbocycles. The van der Waals surface area contributed by atoms with Crippen LogP contribution in [0.4, 0.5) is 17.1 Å². The van der Waals surface area contributed by atoms with Crippen molar-refractivity contribution < 1.29 is 19.1 Å². The minimum absolute atomic E-state index is 0.106. The Morgan fingerprint density at radius 1 is 0.970 bits per heavy atom. The predicted molar refractivity (Wildman–Crippen MR) is 128 cm³/mol. The van der Waals surface area contributed by atoms with E-state index in [1.165, 1.54) is 0 Å². The van der Waals surface area contributed by atoms with Crippen molar-refractivity contribution in [2.75, 3.05) is 74.7 Å². The van der Waals surface area contributed by atoms with Crippen molar-refractivity contribution in [3.8, 4) is 5.75 Å². The van der Waals surface area contributed by atoms with Crippen LogP contribution in [-0.4, -0.2) is 82.3 Å². The van der Waals surface area contributed by atoms with E-state index in [1.54, 1.807) is 7.11 Å². The summed E-state index contributed by atoms with van der Waals surface area (Å²) in [4.78, 5) is 31.1. The number of primary amides is 1. The van der Waals surface area contributed by atoms with Crippen LogP contribution in [0.25, 0.3) is 0 Å². The summed E-state index contributed by atoms with van der Waals surface area (Å²) in [5, 5.41) is 2.93. The zero-order valence-corrected chi connectivity index (χ0v) is 18.9. The number of hydrogen-bond donors (Lipinski definition) is 2. The van der Waals surface area contributed by atoms with E-state index in [9.17, 15) is 9.59 Å². The lowest BCUT2D eigenvalue weighted by molar-refractivity contribution is -0.125. The minimum atomic E-state index is -0.546. The second kappa shape index (κ2) is 10.5. The van der Waals surface area contributed by atoms with Gasteiger partial charge in [0.15, 0.2) is 0 Å². The number of rotatable bonds is 7. The van der Waals surface area contributed by atoms with Crippen LogP contribution in [0, 0.1) is 0 Å². The highest BCUT2D eigenvalue weighted by Gasteiger charge is 2.32. The molecule has 33 heavy (non-hydrogen) atoms. The van der Waals surface area contributed by atoms with Crippen molar-refractivity contribution in [1.29, 1.82) is 0 Å². The first kappa shape index (κ1) is 22.9. The molecule has 4 rings (SSSR count). The number of benzene rings is 2. The molecule has 9 heteroatoms. The topological polar surface area (TPSA) is 100 Å². The Morgan fingerprint density at radius 3 is 2.24 bits per heavy atom. The summed E-state index contributed by atoms with van der Waals surface area (Å²) in [5.74, 6) is 0.174. The molecule has 2 aliphatic rings. The number of carbonyl (C=O) groups excluding carboxylic acids is 2. The van der Waals surface area contributed by atoms with Crippen LogP contribution in [0.3, 0.4) is 0 Å². The monoisotopic (exact) mass is 453 g/mol. The Balaban J connectivity index is 1.33. The largest absolute Gasteiger partial charge is 0.497 e. The van der Waals surface area contributed by atoms with E-state index in [4.69, 9.17) is 15.2 Å². The summed E-state index contributed by atoms with van der Waals surface area (Å²) in [7, 11) is 1.63. The van der Waals surface area contributed by atoms with Crippen LogP contribution >= 0.6 is 0 Å². The highest BCUT2D eigenvalue weighted by Crippen LogP contribution is 2.23. The van der Waals surface area contributed by atoms with Gasteiger partial charge in [0.2, 0.25) is 11.8 Å². The van der Waals surface area contributed by atoms with Crippen LogP contribution in [0.5, 0.6) is 5.75 Å². The van der Waals surface area contributed by atoms with Crippen molar-refractivity contribution in [2.24, 2.45) is 5.73 Å². The number of ether oxygens (including phenoxy) is 2. The molecule has 2 aromatic carbocycles. The molecular formula is C24H31N5O4. The molecule has 0 aromatic heterocycles. The lowest BCUT2D eigenvalue weighted by atomic mass is 10.1. The number of nitrogens with zero attached hydrogens (tertiary/aromatic N) is 3. The molecule has 2 saturated heterocycles. The summed E-state index contributed by atoms with van der Waals surface area (Å²) >= 11 is 0. The lowest BCUT2D eigenvalue weighted by Gasteiger charge is -2.40. The molecule has 2 heterocycles. The Morgan fingerprint density at radius 2 is 1.61 bits per heavy atom. The fourth-order valence-corrected chi connectivity index (χ4v) is 4.27. The normalized spacial score (nSPS) is 19.2. The number of anilines is 3. The molecule has 1 atom stereocenters. The van der Waals surface area contributed by atoms with E-state index in [2.05, 4.69) is 15.1 Å². The predicted octanol–water partition coefficient (Wildman–Crippen LogP) is 1.15. The third-order valence-corrected chi connectivity index (χ3v) is 6.13. The Labute approximate surface area is 194 Å².